The van der Waals surface area contributed by atoms with E-state index in [4.69, 9.17) is 17.3 Å². The average Bonchev–Trinajstić information content (AvgIpc) is 2.59. The van der Waals surface area contributed by atoms with E-state index in [0.29, 0.717) is 24.5 Å². The summed E-state index contributed by atoms with van der Waals surface area (Å²) in [5, 5.41) is 2.83. The molecule has 148 valence electrons. The topological polar surface area (TPSA) is 92.5 Å². The summed E-state index contributed by atoms with van der Waals surface area (Å²) >= 11 is 6.09. The summed E-state index contributed by atoms with van der Waals surface area (Å²) in [7, 11) is -3.72. The molecule has 0 spiro atoms. The van der Waals surface area contributed by atoms with Crippen LogP contribution in [0.3, 0.4) is 0 Å². The first-order valence-electron chi connectivity index (χ1n) is 8.21. The lowest BCUT2D eigenvalue weighted by Crippen LogP contribution is -2.30. The molecule has 2 rings (SSSR count). The minimum absolute atomic E-state index is 0. The lowest BCUT2D eigenvalue weighted by Gasteiger charge is -2.19. The van der Waals surface area contributed by atoms with E-state index in [2.05, 4.69) is 5.32 Å². The van der Waals surface area contributed by atoms with E-state index >= 15 is 0 Å². The van der Waals surface area contributed by atoms with Gasteiger partial charge < -0.3 is 11.1 Å². The number of rotatable bonds is 7. The molecule has 0 saturated heterocycles. The highest BCUT2D eigenvalue weighted by Gasteiger charge is 2.24. The second-order valence-corrected chi connectivity index (χ2v) is 8.01. The number of carbonyl (C=O) groups excluding carboxylic acids is 1. The molecular weight excluding hydrogens is 409 g/mol. The Kier molecular flexibility index (Phi) is 8.56. The summed E-state index contributed by atoms with van der Waals surface area (Å²) in [4.78, 5) is 12.2. The number of hydrogen-bond donors (Lipinski definition) is 2. The van der Waals surface area contributed by atoms with Crippen LogP contribution in [-0.4, -0.2) is 31.7 Å². The van der Waals surface area contributed by atoms with Gasteiger partial charge in [-0.25, -0.2) is 8.42 Å². The van der Waals surface area contributed by atoms with Gasteiger partial charge in [-0.05, 0) is 35.9 Å². The summed E-state index contributed by atoms with van der Waals surface area (Å²) < 4.78 is 26.7. The number of anilines is 2. The number of halogens is 2. The van der Waals surface area contributed by atoms with E-state index in [1.165, 1.54) is 16.4 Å². The molecule has 9 heteroatoms. The molecule has 0 atom stereocenters. The van der Waals surface area contributed by atoms with Gasteiger partial charge >= 0.3 is 0 Å². The van der Waals surface area contributed by atoms with Crippen molar-refractivity contribution in [3.8, 4) is 0 Å². The molecule has 0 saturated carbocycles. The SMILES string of the molecule is CCN(CC)S(=O)(=O)c1cc(NC(=O)Cc2ccc(N)cc2)ccc1Cl.Cl. The number of benzene rings is 2. The van der Waals surface area contributed by atoms with Crippen molar-refractivity contribution < 1.29 is 13.2 Å². The van der Waals surface area contributed by atoms with E-state index in [9.17, 15) is 13.2 Å². The van der Waals surface area contributed by atoms with Crippen LogP contribution in [0, 0.1) is 0 Å². The lowest BCUT2D eigenvalue weighted by atomic mass is 10.1. The van der Waals surface area contributed by atoms with Gasteiger partial charge in [0.25, 0.3) is 0 Å². The summed E-state index contributed by atoms with van der Waals surface area (Å²) in [6, 6.07) is 11.4. The largest absolute Gasteiger partial charge is 0.399 e. The Labute approximate surface area is 171 Å². The van der Waals surface area contributed by atoms with Crippen molar-refractivity contribution in [3.05, 3.63) is 53.1 Å². The molecule has 0 fully saturated rings. The second-order valence-electron chi connectivity index (χ2n) is 5.70. The van der Waals surface area contributed by atoms with Gasteiger partial charge in [0, 0.05) is 24.5 Å². The van der Waals surface area contributed by atoms with Crippen molar-refractivity contribution in [1.29, 1.82) is 0 Å². The Hall–Kier alpha value is -1.80. The summed E-state index contributed by atoms with van der Waals surface area (Å²) in [5.74, 6) is -0.261. The Bertz CT molecular complexity index is 883. The number of nitrogens with two attached hydrogens (primary N) is 1. The maximum atomic E-state index is 12.7. The first-order valence-corrected chi connectivity index (χ1v) is 10.0. The monoisotopic (exact) mass is 431 g/mol. The van der Waals surface area contributed by atoms with Crippen LogP contribution in [0.2, 0.25) is 5.02 Å². The smallest absolute Gasteiger partial charge is 0.244 e. The number of sulfonamides is 1. The fourth-order valence-corrected chi connectivity index (χ4v) is 4.47. The second kappa shape index (κ2) is 9.94. The van der Waals surface area contributed by atoms with Crippen molar-refractivity contribution in [2.75, 3.05) is 24.1 Å². The number of nitrogens with zero attached hydrogens (tertiary/aromatic N) is 1. The summed E-state index contributed by atoms with van der Waals surface area (Å²) in [6.45, 7) is 4.19. The van der Waals surface area contributed by atoms with Gasteiger partial charge in [0.15, 0.2) is 0 Å². The minimum Gasteiger partial charge on any atom is -0.399 e. The summed E-state index contributed by atoms with van der Waals surface area (Å²) in [6.07, 6.45) is 0.154. The van der Waals surface area contributed by atoms with Crippen molar-refractivity contribution in [2.24, 2.45) is 0 Å². The Morgan fingerprint density at radius 1 is 1.11 bits per heavy atom. The number of hydrogen-bond acceptors (Lipinski definition) is 4. The number of nitrogen functional groups attached to an aromatic ring is 1. The predicted octanol–water partition coefficient (Wildman–Crippen LogP) is 3.56. The van der Waals surface area contributed by atoms with Crippen molar-refractivity contribution in [2.45, 2.75) is 25.2 Å². The van der Waals surface area contributed by atoms with E-state index in [0.717, 1.165) is 5.56 Å². The zero-order valence-corrected chi connectivity index (χ0v) is 17.5. The molecule has 0 radical (unpaired) electrons. The van der Waals surface area contributed by atoms with Crippen LogP contribution in [0.1, 0.15) is 19.4 Å². The van der Waals surface area contributed by atoms with Gasteiger partial charge in [0.1, 0.15) is 4.90 Å². The maximum absolute atomic E-state index is 12.7. The first kappa shape index (κ1) is 23.2. The van der Waals surface area contributed by atoms with Crippen LogP contribution in [0.25, 0.3) is 0 Å². The third-order valence-electron chi connectivity index (χ3n) is 3.88. The molecule has 6 nitrogen and oxygen atoms in total. The Morgan fingerprint density at radius 2 is 1.70 bits per heavy atom. The van der Waals surface area contributed by atoms with Crippen molar-refractivity contribution >= 4 is 51.3 Å². The number of nitrogens with one attached hydrogen (secondary N) is 1. The van der Waals surface area contributed by atoms with Crippen LogP contribution in [-0.2, 0) is 21.2 Å². The minimum atomic E-state index is -3.72. The highest BCUT2D eigenvalue weighted by atomic mass is 35.5. The van der Waals surface area contributed by atoms with Gasteiger partial charge in [-0.15, -0.1) is 12.4 Å². The van der Waals surface area contributed by atoms with Gasteiger partial charge in [-0.3, -0.25) is 4.79 Å². The molecule has 2 aromatic carbocycles. The van der Waals surface area contributed by atoms with E-state index in [-0.39, 0.29) is 34.7 Å². The molecular formula is C18H23Cl2N3O3S. The number of amides is 1. The molecule has 2 aromatic rings. The highest BCUT2D eigenvalue weighted by Crippen LogP contribution is 2.27. The molecule has 0 bridgehead atoms. The molecule has 0 aliphatic heterocycles. The molecule has 1 amide bonds. The molecule has 0 aliphatic rings. The van der Waals surface area contributed by atoms with Crippen LogP contribution in [0.4, 0.5) is 11.4 Å². The van der Waals surface area contributed by atoms with Crippen LogP contribution < -0.4 is 11.1 Å². The maximum Gasteiger partial charge on any atom is 0.244 e. The van der Waals surface area contributed by atoms with Gasteiger partial charge in [0.2, 0.25) is 15.9 Å². The zero-order valence-electron chi connectivity index (χ0n) is 15.1. The molecule has 0 heterocycles. The van der Waals surface area contributed by atoms with E-state index in [1.54, 1.807) is 44.2 Å². The lowest BCUT2D eigenvalue weighted by molar-refractivity contribution is -0.115. The average molecular weight is 432 g/mol. The van der Waals surface area contributed by atoms with Crippen LogP contribution in [0.15, 0.2) is 47.4 Å². The zero-order chi connectivity index (χ0) is 19.3. The van der Waals surface area contributed by atoms with E-state index in [1.807, 2.05) is 0 Å². The van der Waals surface area contributed by atoms with E-state index < -0.39 is 10.0 Å². The quantitative estimate of drug-likeness (QED) is 0.655. The third kappa shape index (κ3) is 5.84. The normalized spacial score (nSPS) is 11.1. The standard InChI is InChI=1S/C18H22ClN3O3S.ClH/c1-3-22(4-2)26(24,25)17-12-15(9-10-16(17)19)21-18(23)11-13-5-7-14(20)8-6-13;/h5-10,12H,3-4,11,20H2,1-2H3,(H,21,23);1H. The predicted molar refractivity (Wildman–Crippen MR) is 112 cm³/mol. The Balaban J connectivity index is 0.00000364. The number of carbonyl (C=O) groups is 1. The molecule has 0 aliphatic carbocycles. The van der Waals surface area contributed by atoms with Gasteiger partial charge in [-0.2, -0.15) is 4.31 Å². The van der Waals surface area contributed by atoms with Crippen molar-refractivity contribution in [3.63, 3.8) is 0 Å². The first-order chi connectivity index (χ1) is 12.3. The van der Waals surface area contributed by atoms with Gasteiger partial charge in [-0.1, -0.05) is 37.6 Å². The third-order valence-corrected chi connectivity index (χ3v) is 6.41. The molecule has 0 aromatic heterocycles. The van der Waals surface area contributed by atoms with Gasteiger partial charge in [0.05, 0.1) is 11.4 Å². The fraction of sp³-hybridized carbons (Fsp3) is 0.278. The highest BCUT2D eigenvalue weighted by molar-refractivity contribution is 7.89. The molecule has 27 heavy (non-hydrogen) atoms. The Morgan fingerprint density at radius 3 is 2.26 bits per heavy atom. The fourth-order valence-electron chi connectivity index (χ4n) is 2.51. The molecule has 0 unspecified atom stereocenters. The van der Waals surface area contributed by atoms with Crippen LogP contribution >= 0.6 is 24.0 Å². The summed E-state index contributed by atoms with van der Waals surface area (Å²) in [5.41, 5.74) is 7.43. The van der Waals surface area contributed by atoms with Crippen molar-refractivity contribution in [1.82, 2.24) is 4.31 Å². The molecule has 3 N–H and O–H groups in total. The van der Waals surface area contributed by atoms with Crippen LogP contribution in [0.5, 0.6) is 0 Å².